The van der Waals surface area contributed by atoms with Gasteiger partial charge in [0, 0.05) is 30.9 Å². The van der Waals surface area contributed by atoms with Gasteiger partial charge in [0.2, 0.25) is 0 Å². The van der Waals surface area contributed by atoms with Crippen molar-refractivity contribution < 1.29 is 5.11 Å². The first kappa shape index (κ1) is 18.4. The maximum Gasteiger partial charge on any atom is 0.161 e. The second-order valence-corrected chi connectivity index (χ2v) is 7.85. The molecule has 0 bridgehead atoms. The number of hydrogen-bond acceptors (Lipinski definition) is 5. The molecule has 0 saturated carbocycles. The Labute approximate surface area is 162 Å². The third-order valence-corrected chi connectivity index (χ3v) is 6.02. The van der Waals surface area contributed by atoms with Gasteiger partial charge in [0.25, 0.3) is 0 Å². The first-order chi connectivity index (χ1) is 13.2. The number of aromatic nitrogens is 2. The molecule has 1 atom stereocenters. The fourth-order valence-electron chi connectivity index (χ4n) is 4.19. The van der Waals surface area contributed by atoms with Crippen molar-refractivity contribution in [2.45, 2.75) is 51.2 Å². The summed E-state index contributed by atoms with van der Waals surface area (Å²) in [6.45, 7) is 6.42. The number of piperidine rings is 2. The van der Waals surface area contributed by atoms with Crippen molar-refractivity contribution in [1.29, 1.82) is 0 Å². The Balaban J connectivity index is 1.48. The van der Waals surface area contributed by atoms with Gasteiger partial charge in [0.15, 0.2) is 5.82 Å². The van der Waals surface area contributed by atoms with Gasteiger partial charge >= 0.3 is 0 Å². The van der Waals surface area contributed by atoms with E-state index in [9.17, 15) is 5.11 Å². The second-order valence-electron chi connectivity index (χ2n) is 7.85. The molecule has 0 aliphatic carbocycles. The van der Waals surface area contributed by atoms with Crippen LogP contribution in [0.25, 0.3) is 11.4 Å². The zero-order valence-corrected chi connectivity index (χ0v) is 16.2. The zero-order chi connectivity index (χ0) is 18.6. The van der Waals surface area contributed by atoms with Gasteiger partial charge in [-0.2, -0.15) is 0 Å². The Bertz CT molecular complexity index is 734. The Kier molecular flexibility index (Phi) is 5.69. The SMILES string of the molecule is C[C@H](c1ccc(-c2nccc(N3CCC(O)CC3)n2)cc1)N1CCCCC1. The highest BCUT2D eigenvalue weighted by Gasteiger charge is 2.20. The summed E-state index contributed by atoms with van der Waals surface area (Å²) in [6.07, 6.45) is 7.29. The van der Waals surface area contributed by atoms with Crippen LogP contribution in [0.4, 0.5) is 5.82 Å². The van der Waals surface area contributed by atoms with Crippen molar-refractivity contribution in [3.63, 3.8) is 0 Å². The van der Waals surface area contributed by atoms with Crippen LogP contribution >= 0.6 is 0 Å². The molecule has 0 unspecified atom stereocenters. The van der Waals surface area contributed by atoms with Gasteiger partial charge in [-0.05, 0) is 57.3 Å². The van der Waals surface area contributed by atoms with Crippen LogP contribution in [0.5, 0.6) is 0 Å². The predicted molar refractivity (Wildman–Crippen MR) is 109 cm³/mol. The van der Waals surface area contributed by atoms with Gasteiger partial charge in [0.1, 0.15) is 5.82 Å². The molecule has 5 heteroatoms. The summed E-state index contributed by atoms with van der Waals surface area (Å²) in [5, 5.41) is 9.71. The third kappa shape index (κ3) is 4.30. The van der Waals surface area contributed by atoms with Crippen molar-refractivity contribution >= 4 is 5.82 Å². The smallest absolute Gasteiger partial charge is 0.161 e. The first-order valence-electron chi connectivity index (χ1n) is 10.3. The topological polar surface area (TPSA) is 52.5 Å². The number of benzene rings is 1. The maximum absolute atomic E-state index is 9.71. The number of hydrogen-bond donors (Lipinski definition) is 1. The van der Waals surface area contributed by atoms with Gasteiger partial charge in [-0.25, -0.2) is 9.97 Å². The van der Waals surface area contributed by atoms with Crippen LogP contribution < -0.4 is 4.90 Å². The molecule has 2 aromatic rings. The summed E-state index contributed by atoms with van der Waals surface area (Å²) in [5.41, 5.74) is 2.42. The lowest BCUT2D eigenvalue weighted by Crippen LogP contribution is -2.36. The molecule has 0 spiro atoms. The van der Waals surface area contributed by atoms with Gasteiger partial charge in [0.05, 0.1) is 6.10 Å². The Morgan fingerprint density at radius 1 is 0.963 bits per heavy atom. The molecule has 144 valence electrons. The highest BCUT2D eigenvalue weighted by molar-refractivity contribution is 5.58. The van der Waals surface area contributed by atoms with Crippen LogP contribution in [0.1, 0.15) is 50.6 Å². The summed E-state index contributed by atoms with van der Waals surface area (Å²) in [4.78, 5) is 14.1. The number of aliphatic hydroxyl groups is 1. The van der Waals surface area contributed by atoms with E-state index in [4.69, 9.17) is 4.98 Å². The largest absolute Gasteiger partial charge is 0.393 e. The Morgan fingerprint density at radius 2 is 1.67 bits per heavy atom. The third-order valence-electron chi connectivity index (χ3n) is 6.02. The summed E-state index contributed by atoms with van der Waals surface area (Å²) < 4.78 is 0. The number of rotatable bonds is 4. The fourth-order valence-corrected chi connectivity index (χ4v) is 4.19. The van der Waals surface area contributed by atoms with Gasteiger partial charge in [-0.15, -0.1) is 0 Å². The van der Waals surface area contributed by atoms with Crippen molar-refractivity contribution in [2.75, 3.05) is 31.1 Å². The van der Waals surface area contributed by atoms with Crippen molar-refractivity contribution in [2.24, 2.45) is 0 Å². The number of aliphatic hydroxyl groups excluding tert-OH is 1. The first-order valence-corrected chi connectivity index (χ1v) is 10.3. The van der Waals surface area contributed by atoms with Crippen molar-refractivity contribution in [1.82, 2.24) is 14.9 Å². The zero-order valence-electron chi connectivity index (χ0n) is 16.2. The van der Waals surface area contributed by atoms with Crippen LogP contribution in [-0.4, -0.2) is 52.3 Å². The Hall–Kier alpha value is -1.98. The molecular weight excluding hydrogens is 336 g/mol. The van der Waals surface area contributed by atoms with Crippen molar-refractivity contribution in [3.8, 4) is 11.4 Å². The standard InChI is InChI=1S/C22H30N4O/c1-17(25-13-3-2-4-14-25)18-5-7-19(8-6-18)22-23-12-9-21(24-22)26-15-10-20(27)11-16-26/h5-9,12,17,20,27H,2-4,10-11,13-16H2,1H3/t17-/m1/s1. The van der Waals surface area contributed by atoms with Crippen LogP contribution in [0.15, 0.2) is 36.5 Å². The average Bonchev–Trinajstić information content (AvgIpc) is 2.75. The minimum Gasteiger partial charge on any atom is -0.393 e. The average molecular weight is 367 g/mol. The number of likely N-dealkylation sites (tertiary alicyclic amines) is 1. The van der Waals surface area contributed by atoms with Crippen LogP contribution in [0.3, 0.4) is 0 Å². The minimum absolute atomic E-state index is 0.169. The lowest BCUT2D eigenvalue weighted by atomic mass is 10.0. The van der Waals surface area contributed by atoms with Crippen LogP contribution in [0, 0.1) is 0 Å². The van der Waals surface area contributed by atoms with Crippen molar-refractivity contribution in [3.05, 3.63) is 42.1 Å². The summed E-state index contributed by atoms with van der Waals surface area (Å²) >= 11 is 0. The summed E-state index contributed by atoms with van der Waals surface area (Å²) in [6, 6.07) is 11.2. The van der Waals surface area contributed by atoms with Gasteiger partial charge in [-0.3, -0.25) is 4.90 Å². The maximum atomic E-state index is 9.71. The Morgan fingerprint density at radius 3 is 2.37 bits per heavy atom. The molecule has 1 aromatic heterocycles. The molecule has 3 heterocycles. The van der Waals surface area contributed by atoms with E-state index in [2.05, 4.69) is 46.0 Å². The molecule has 2 fully saturated rings. The minimum atomic E-state index is -0.169. The fraction of sp³-hybridized carbons (Fsp3) is 0.545. The highest BCUT2D eigenvalue weighted by Crippen LogP contribution is 2.27. The van der Waals surface area contributed by atoms with E-state index in [1.54, 1.807) is 0 Å². The normalized spacial score (nSPS) is 20.6. The molecule has 1 aromatic carbocycles. The second kappa shape index (κ2) is 8.36. The van der Waals surface area contributed by atoms with E-state index >= 15 is 0 Å². The van der Waals surface area contributed by atoms with Crippen LogP contribution in [-0.2, 0) is 0 Å². The highest BCUT2D eigenvalue weighted by atomic mass is 16.3. The summed E-state index contributed by atoms with van der Waals surface area (Å²) in [5.74, 6) is 1.73. The molecule has 2 saturated heterocycles. The van der Waals surface area contributed by atoms with E-state index in [-0.39, 0.29) is 6.10 Å². The van der Waals surface area contributed by atoms with E-state index in [0.717, 1.165) is 43.1 Å². The quantitative estimate of drug-likeness (QED) is 0.895. The summed E-state index contributed by atoms with van der Waals surface area (Å²) in [7, 11) is 0. The number of anilines is 1. The van der Waals surface area contributed by atoms with Gasteiger partial charge < -0.3 is 10.0 Å². The van der Waals surface area contributed by atoms with E-state index < -0.39 is 0 Å². The van der Waals surface area contributed by atoms with E-state index in [1.807, 2.05) is 12.3 Å². The predicted octanol–water partition coefficient (Wildman–Crippen LogP) is 3.65. The van der Waals surface area contributed by atoms with E-state index in [1.165, 1.54) is 37.9 Å². The lowest BCUT2D eigenvalue weighted by Gasteiger charge is -2.32. The monoisotopic (exact) mass is 366 g/mol. The molecule has 5 nitrogen and oxygen atoms in total. The molecule has 0 amide bonds. The molecule has 2 aliphatic rings. The molecular formula is C22H30N4O. The van der Waals surface area contributed by atoms with Crippen LogP contribution in [0.2, 0.25) is 0 Å². The molecule has 27 heavy (non-hydrogen) atoms. The number of nitrogens with zero attached hydrogens (tertiary/aromatic N) is 4. The lowest BCUT2D eigenvalue weighted by molar-refractivity contribution is 0.145. The molecule has 0 radical (unpaired) electrons. The molecule has 4 rings (SSSR count). The molecule has 2 aliphatic heterocycles. The van der Waals surface area contributed by atoms with Gasteiger partial charge in [-0.1, -0.05) is 30.7 Å². The van der Waals surface area contributed by atoms with E-state index in [0.29, 0.717) is 6.04 Å². The molecule has 1 N–H and O–H groups in total.